The fourth-order valence-electron chi connectivity index (χ4n) is 2.70. The predicted molar refractivity (Wildman–Crippen MR) is 89.5 cm³/mol. The van der Waals surface area contributed by atoms with Crippen molar-refractivity contribution in [3.63, 3.8) is 0 Å². The van der Waals surface area contributed by atoms with Crippen LogP contribution in [0.2, 0.25) is 0 Å². The first kappa shape index (κ1) is 16.4. The van der Waals surface area contributed by atoms with Crippen LogP contribution >= 0.6 is 0 Å². The summed E-state index contributed by atoms with van der Waals surface area (Å²) in [6.07, 6.45) is 5.58. The number of rotatable bonds is 1. The summed E-state index contributed by atoms with van der Waals surface area (Å²) in [5.41, 5.74) is 2.31. The smallest absolute Gasteiger partial charge is 0.308 e. The van der Waals surface area contributed by atoms with Crippen LogP contribution in [0.15, 0.2) is 35.9 Å². The van der Waals surface area contributed by atoms with Crippen LogP contribution in [-0.2, 0) is 4.79 Å². The van der Waals surface area contributed by atoms with Crippen molar-refractivity contribution in [3.05, 3.63) is 41.5 Å². The normalized spacial score (nSPS) is 18.0. The third-order valence-corrected chi connectivity index (χ3v) is 4.13. The van der Waals surface area contributed by atoms with E-state index in [0.29, 0.717) is 11.2 Å². The van der Waals surface area contributed by atoms with Gasteiger partial charge >= 0.3 is 5.97 Å². The number of esters is 1. The zero-order valence-electron chi connectivity index (χ0n) is 13.9. The largest absolute Gasteiger partial charge is 0.425 e. The Morgan fingerprint density at radius 2 is 1.95 bits per heavy atom. The van der Waals surface area contributed by atoms with E-state index < -0.39 is 0 Å². The highest BCUT2D eigenvalue weighted by Gasteiger charge is 2.25. The Morgan fingerprint density at radius 1 is 1.23 bits per heavy atom. The molecule has 1 aliphatic rings. The Kier molecular flexibility index (Phi) is 5.08. The summed E-state index contributed by atoms with van der Waals surface area (Å²) in [5.74, 6) is 7.33. The van der Waals surface area contributed by atoms with Gasteiger partial charge in [-0.1, -0.05) is 50.8 Å². The number of carbonyl (C=O) groups excluding carboxylic acids is 1. The molecule has 0 saturated heterocycles. The average Bonchev–Trinajstić information content (AvgIpc) is 2.45. The molecule has 1 aliphatic carbocycles. The zero-order valence-corrected chi connectivity index (χ0v) is 13.9. The van der Waals surface area contributed by atoms with Gasteiger partial charge in [-0.15, -0.1) is 0 Å². The third kappa shape index (κ3) is 4.49. The van der Waals surface area contributed by atoms with Gasteiger partial charge in [-0.05, 0) is 48.3 Å². The van der Waals surface area contributed by atoms with E-state index in [0.717, 1.165) is 24.3 Å². The van der Waals surface area contributed by atoms with Gasteiger partial charge in [-0.25, -0.2) is 0 Å². The maximum Gasteiger partial charge on any atom is 0.308 e. The fourth-order valence-corrected chi connectivity index (χ4v) is 2.70. The fraction of sp³-hybridized carbons (Fsp3) is 0.450. The van der Waals surface area contributed by atoms with Crippen LogP contribution in [0.5, 0.6) is 5.75 Å². The minimum atomic E-state index is -0.320. The highest BCUT2D eigenvalue weighted by atomic mass is 16.5. The lowest BCUT2D eigenvalue weighted by Crippen LogP contribution is -2.21. The topological polar surface area (TPSA) is 26.3 Å². The number of ether oxygens (including phenoxy) is 1. The van der Waals surface area contributed by atoms with Crippen molar-refractivity contribution in [1.82, 2.24) is 0 Å². The van der Waals surface area contributed by atoms with Crippen molar-refractivity contribution in [1.29, 1.82) is 0 Å². The average molecular weight is 296 g/mol. The number of carbonyl (C=O) groups is 1. The number of benzene rings is 1. The van der Waals surface area contributed by atoms with E-state index >= 15 is 0 Å². The first-order chi connectivity index (χ1) is 10.4. The number of hydrogen-bond donors (Lipinski definition) is 0. The molecule has 0 heterocycles. The van der Waals surface area contributed by atoms with Crippen LogP contribution < -0.4 is 4.74 Å². The molecule has 116 valence electrons. The van der Waals surface area contributed by atoms with Crippen LogP contribution in [0.25, 0.3) is 0 Å². The molecule has 0 N–H and O–H groups in total. The molecule has 1 aromatic rings. The van der Waals surface area contributed by atoms with Gasteiger partial charge in [-0.2, -0.15) is 0 Å². The lowest BCUT2D eigenvalue weighted by atomic mass is 9.73. The molecule has 1 unspecified atom stereocenters. The second-order valence-electron chi connectivity index (χ2n) is 6.91. The third-order valence-electron chi connectivity index (χ3n) is 4.13. The first-order valence-electron chi connectivity index (χ1n) is 7.85. The van der Waals surface area contributed by atoms with Crippen molar-refractivity contribution in [2.24, 2.45) is 11.3 Å². The molecule has 0 spiro atoms. The van der Waals surface area contributed by atoms with E-state index in [4.69, 9.17) is 4.74 Å². The minimum absolute atomic E-state index is 0.320. The van der Waals surface area contributed by atoms with Gasteiger partial charge in [-0.3, -0.25) is 4.79 Å². The molecule has 0 bridgehead atoms. The van der Waals surface area contributed by atoms with E-state index in [-0.39, 0.29) is 5.97 Å². The van der Waals surface area contributed by atoms with Gasteiger partial charge in [0.05, 0.1) is 5.56 Å². The molecule has 2 heteroatoms. The molecule has 0 aliphatic heterocycles. The molecule has 1 atom stereocenters. The number of para-hydroxylation sites is 1. The number of allylic oxidation sites excluding steroid dienone is 2. The van der Waals surface area contributed by atoms with Crippen molar-refractivity contribution < 1.29 is 9.53 Å². The van der Waals surface area contributed by atoms with Crippen molar-refractivity contribution >= 4 is 5.97 Å². The summed E-state index contributed by atoms with van der Waals surface area (Å²) in [7, 11) is 0. The molecule has 2 rings (SSSR count). The summed E-state index contributed by atoms with van der Waals surface area (Å²) in [6.45, 7) is 8.31. The highest BCUT2D eigenvalue weighted by molar-refractivity contribution is 5.70. The standard InChI is InChI=1S/C20H24O2/c1-15(21)22-19-8-6-5-7-17(19)12-9-16-10-13-18(14-11-16)20(2,3)4/h5-8,10,18H,11,13-14H2,1-4H3. The zero-order chi connectivity index (χ0) is 16.2. The molecule has 0 radical (unpaired) electrons. The van der Waals surface area contributed by atoms with Gasteiger partial charge in [0.25, 0.3) is 0 Å². The van der Waals surface area contributed by atoms with Crippen LogP contribution in [0.3, 0.4) is 0 Å². The van der Waals surface area contributed by atoms with Crippen LogP contribution in [0.4, 0.5) is 0 Å². The molecular weight excluding hydrogens is 272 g/mol. The summed E-state index contributed by atoms with van der Waals surface area (Å²) < 4.78 is 5.19. The Labute approximate surface area is 133 Å². The van der Waals surface area contributed by atoms with Crippen LogP contribution in [-0.4, -0.2) is 5.97 Å². The van der Waals surface area contributed by atoms with Crippen LogP contribution in [0.1, 0.15) is 52.5 Å². The quantitative estimate of drug-likeness (QED) is 0.425. The molecular formula is C20H24O2. The molecule has 2 nitrogen and oxygen atoms in total. The SMILES string of the molecule is CC(=O)Oc1ccccc1C#CC1=CCC(C(C)(C)C)CC1. The minimum Gasteiger partial charge on any atom is -0.425 e. The van der Waals surface area contributed by atoms with E-state index in [2.05, 4.69) is 38.7 Å². The molecule has 0 amide bonds. The second-order valence-corrected chi connectivity index (χ2v) is 6.91. The number of hydrogen-bond acceptors (Lipinski definition) is 2. The van der Waals surface area contributed by atoms with Crippen molar-refractivity contribution in [2.45, 2.75) is 47.0 Å². The van der Waals surface area contributed by atoms with Gasteiger partial charge in [0, 0.05) is 6.92 Å². The highest BCUT2D eigenvalue weighted by Crippen LogP contribution is 2.36. The maximum absolute atomic E-state index is 11.1. The lowest BCUT2D eigenvalue weighted by molar-refractivity contribution is -0.131. The van der Waals surface area contributed by atoms with Crippen molar-refractivity contribution in [3.8, 4) is 17.6 Å². The van der Waals surface area contributed by atoms with E-state index in [1.54, 1.807) is 6.07 Å². The van der Waals surface area contributed by atoms with E-state index in [9.17, 15) is 4.79 Å². The predicted octanol–water partition coefficient (Wildman–Crippen LogP) is 4.74. The summed E-state index contributed by atoms with van der Waals surface area (Å²) in [6, 6.07) is 7.40. The molecule has 0 fully saturated rings. The van der Waals surface area contributed by atoms with Gasteiger partial charge in [0.2, 0.25) is 0 Å². The molecule has 0 aromatic heterocycles. The van der Waals surface area contributed by atoms with E-state index in [1.165, 1.54) is 18.9 Å². The monoisotopic (exact) mass is 296 g/mol. The van der Waals surface area contributed by atoms with Gasteiger partial charge < -0.3 is 4.74 Å². The first-order valence-corrected chi connectivity index (χ1v) is 7.85. The van der Waals surface area contributed by atoms with Crippen molar-refractivity contribution in [2.75, 3.05) is 0 Å². The Hall–Kier alpha value is -2.01. The lowest BCUT2D eigenvalue weighted by Gasteiger charge is -2.32. The maximum atomic E-state index is 11.1. The molecule has 1 aromatic carbocycles. The van der Waals surface area contributed by atoms with E-state index in [1.807, 2.05) is 18.2 Å². The Balaban J connectivity index is 2.12. The Morgan fingerprint density at radius 3 is 2.55 bits per heavy atom. The molecule has 0 saturated carbocycles. The summed E-state index contributed by atoms with van der Waals surface area (Å²) in [5, 5.41) is 0. The van der Waals surface area contributed by atoms with Gasteiger partial charge in [0.15, 0.2) is 0 Å². The summed E-state index contributed by atoms with van der Waals surface area (Å²) >= 11 is 0. The van der Waals surface area contributed by atoms with Crippen LogP contribution in [0, 0.1) is 23.2 Å². The van der Waals surface area contributed by atoms with Gasteiger partial charge in [0.1, 0.15) is 5.75 Å². The second kappa shape index (κ2) is 6.83. The summed E-state index contributed by atoms with van der Waals surface area (Å²) in [4.78, 5) is 11.1. The Bertz CT molecular complexity index is 636. The molecule has 22 heavy (non-hydrogen) atoms.